The predicted octanol–water partition coefficient (Wildman–Crippen LogP) is 6.62. The summed E-state index contributed by atoms with van der Waals surface area (Å²) in [7, 11) is 0. The molecule has 0 aliphatic heterocycles. The molecule has 0 N–H and O–H groups in total. The minimum atomic E-state index is -0.691. The fraction of sp³-hybridized carbons (Fsp3) is 0.462. The molecule has 3 rings (SSSR count). The zero-order valence-electron chi connectivity index (χ0n) is 19.4. The van der Waals surface area contributed by atoms with Crippen LogP contribution in [0.4, 0.5) is 9.59 Å². The quantitative estimate of drug-likeness (QED) is 0.371. The summed E-state index contributed by atoms with van der Waals surface area (Å²) in [5, 5.41) is 0. The molecule has 6 heteroatoms. The van der Waals surface area contributed by atoms with Gasteiger partial charge in [-0.3, -0.25) is 0 Å². The maximum absolute atomic E-state index is 11.7. The third kappa shape index (κ3) is 5.23. The first kappa shape index (κ1) is 23.6. The van der Waals surface area contributed by atoms with Crippen molar-refractivity contribution in [3.8, 4) is 11.5 Å². The molecule has 32 heavy (non-hydrogen) atoms. The van der Waals surface area contributed by atoms with E-state index in [-0.39, 0.29) is 18.6 Å². The Morgan fingerprint density at radius 2 is 1.19 bits per heavy atom. The number of carbonyl (C=O) groups excluding carboxylic acids is 2. The fourth-order valence-electron chi connectivity index (χ4n) is 4.50. The van der Waals surface area contributed by atoms with E-state index in [9.17, 15) is 9.59 Å². The molecule has 172 valence electrons. The van der Waals surface area contributed by atoms with Crippen molar-refractivity contribution < 1.29 is 28.5 Å². The van der Waals surface area contributed by atoms with Gasteiger partial charge in [-0.15, -0.1) is 0 Å². The second-order valence-electron chi connectivity index (χ2n) is 8.17. The van der Waals surface area contributed by atoms with E-state index >= 15 is 0 Å². The van der Waals surface area contributed by atoms with Gasteiger partial charge in [-0.1, -0.05) is 43.5 Å². The molecule has 1 aliphatic carbocycles. The Morgan fingerprint density at radius 1 is 0.750 bits per heavy atom. The smallest absolute Gasteiger partial charge is 0.434 e. The largest absolute Gasteiger partial charge is 0.513 e. The van der Waals surface area contributed by atoms with Gasteiger partial charge in [-0.25, -0.2) is 9.59 Å². The molecule has 0 radical (unpaired) electrons. The Bertz CT molecular complexity index is 887. The summed E-state index contributed by atoms with van der Waals surface area (Å²) >= 11 is 0. The van der Waals surface area contributed by atoms with Gasteiger partial charge in [-0.2, -0.15) is 0 Å². The summed E-state index contributed by atoms with van der Waals surface area (Å²) in [6.45, 7) is 7.92. The van der Waals surface area contributed by atoms with E-state index in [1.165, 1.54) is 17.5 Å². The van der Waals surface area contributed by atoms with Crippen molar-refractivity contribution in [2.24, 2.45) is 0 Å². The second kappa shape index (κ2) is 10.5. The van der Waals surface area contributed by atoms with Gasteiger partial charge in [0.2, 0.25) is 0 Å². The second-order valence-corrected chi connectivity index (χ2v) is 8.17. The zero-order chi connectivity index (χ0) is 23.1. The highest BCUT2D eigenvalue weighted by Crippen LogP contribution is 2.46. The third-order valence-electron chi connectivity index (χ3n) is 6.07. The molecule has 0 unspecified atom stereocenters. The summed E-state index contributed by atoms with van der Waals surface area (Å²) in [4.78, 5) is 23.5. The maximum atomic E-state index is 11.7. The predicted molar refractivity (Wildman–Crippen MR) is 122 cm³/mol. The van der Waals surface area contributed by atoms with Crippen LogP contribution in [0.15, 0.2) is 36.4 Å². The lowest BCUT2D eigenvalue weighted by Crippen LogP contribution is -2.30. The van der Waals surface area contributed by atoms with Gasteiger partial charge in [0.15, 0.2) is 0 Å². The standard InChI is InChI=1S/C26H32O6/c1-5-29-24(27)31-22-12-10-20(16-18(22)3)26(14-8-7-9-15-26)21-11-13-23(19(4)17-21)32-25(28)30-6-2/h10-13,16-17H,5-9,14-15H2,1-4H3. The molecular weight excluding hydrogens is 408 g/mol. The molecule has 6 nitrogen and oxygen atoms in total. The summed E-state index contributed by atoms with van der Waals surface area (Å²) in [6.07, 6.45) is 4.17. The normalized spacial score (nSPS) is 15.0. The van der Waals surface area contributed by atoms with E-state index in [0.29, 0.717) is 11.5 Å². The minimum absolute atomic E-state index is 0.140. The molecule has 0 spiro atoms. The van der Waals surface area contributed by atoms with Gasteiger partial charge in [0, 0.05) is 5.41 Å². The van der Waals surface area contributed by atoms with Crippen LogP contribution in [0.1, 0.15) is 68.2 Å². The highest BCUT2D eigenvalue weighted by Gasteiger charge is 2.36. The first-order valence-electron chi connectivity index (χ1n) is 11.3. The number of carbonyl (C=O) groups is 2. The molecule has 0 amide bonds. The van der Waals surface area contributed by atoms with E-state index in [0.717, 1.165) is 36.8 Å². The first-order chi connectivity index (χ1) is 15.4. The van der Waals surface area contributed by atoms with E-state index in [1.54, 1.807) is 13.8 Å². The Hall–Kier alpha value is -3.02. The molecule has 2 aromatic rings. The van der Waals surface area contributed by atoms with Crippen molar-refractivity contribution in [3.05, 3.63) is 58.7 Å². The fourth-order valence-corrected chi connectivity index (χ4v) is 4.50. The summed E-state index contributed by atoms with van der Waals surface area (Å²) < 4.78 is 20.5. The number of ether oxygens (including phenoxy) is 4. The summed E-state index contributed by atoms with van der Waals surface area (Å²) in [5.74, 6) is 1.01. The van der Waals surface area contributed by atoms with Crippen LogP contribution in [0.3, 0.4) is 0 Å². The van der Waals surface area contributed by atoms with E-state index in [4.69, 9.17) is 18.9 Å². The van der Waals surface area contributed by atoms with Crippen molar-refractivity contribution in [3.63, 3.8) is 0 Å². The molecular formula is C26H32O6. The van der Waals surface area contributed by atoms with Gasteiger partial charge >= 0.3 is 12.3 Å². The van der Waals surface area contributed by atoms with Gasteiger partial charge in [0.25, 0.3) is 0 Å². The van der Waals surface area contributed by atoms with Crippen LogP contribution in [0.5, 0.6) is 11.5 Å². The van der Waals surface area contributed by atoms with Gasteiger partial charge in [-0.05, 0) is 74.9 Å². The van der Waals surface area contributed by atoms with E-state index < -0.39 is 12.3 Å². The molecule has 0 atom stereocenters. The van der Waals surface area contributed by atoms with Crippen LogP contribution >= 0.6 is 0 Å². The lowest BCUT2D eigenvalue weighted by Gasteiger charge is -2.39. The molecule has 1 aliphatic rings. The minimum Gasteiger partial charge on any atom is -0.434 e. The van der Waals surface area contributed by atoms with Crippen LogP contribution in [0.2, 0.25) is 0 Å². The summed E-state index contributed by atoms with van der Waals surface area (Å²) in [5.41, 5.74) is 4.03. The number of hydrogen-bond acceptors (Lipinski definition) is 6. The van der Waals surface area contributed by atoms with Crippen molar-refractivity contribution in [2.45, 2.75) is 65.2 Å². The number of benzene rings is 2. The number of rotatable bonds is 6. The molecule has 2 aromatic carbocycles. The molecule has 1 saturated carbocycles. The van der Waals surface area contributed by atoms with Crippen LogP contribution in [-0.2, 0) is 14.9 Å². The highest BCUT2D eigenvalue weighted by molar-refractivity contribution is 5.65. The van der Waals surface area contributed by atoms with Crippen LogP contribution in [0, 0.1) is 13.8 Å². The Kier molecular flexibility index (Phi) is 7.78. The number of aryl methyl sites for hydroxylation is 2. The third-order valence-corrected chi connectivity index (χ3v) is 6.07. The maximum Gasteiger partial charge on any atom is 0.513 e. The lowest BCUT2D eigenvalue weighted by molar-refractivity contribution is 0.103. The average Bonchev–Trinajstić information content (AvgIpc) is 2.77. The van der Waals surface area contributed by atoms with Crippen molar-refractivity contribution in [2.75, 3.05) is 13.2 Å². The monoisotopic (exact) mass is 440 g/mol. The van der Waals surface area contributed by atoms with E-state index in [2.05, 4.69) is 12.1 Å². The Balaban J connectivity index is 1.94. The van der Waals surface area contributed by atoms with Gasteiger partial charge < -0.3 is 18.9 Å². The number of hydrogen-bond donors (Lipinski definition) is 0. The lowest BCUT2D eigenvalue weighted by atomic mass is 9.65. The van der Waals surface area contributed by atoms with Crippen molar-refractivity contribution in [1.29, 1.82) is 0 Å². The Morgan fingerprint density at radius 3 is 1.56 bits per heavy atom. The first-order valence-corrected chi connectivity index (χ1v) is 11.3. The molecule has 1 fully saturated rings. The van der Waals surface area contributed by atoms with Crippen molar-refractivity contribution in [1.82, 2.24) is 0 Å². The van der Waals surface area contributed by atoms with Gasteiger partial charge in [0.05, 0.1) is 13.2 Å². The molecule has 0 saturated heterocycles. The van der Waals surface area contributed by atoms with Crippen LogP contribution in [-0.4, -0.2) is 25.5 Å². The molecule has 0 aromatic heterocycles. The molecule has 0 bridgehead atoms. The SMILES string of the molecule is CCOC(=O)Oc1ccc(C2(c3ccc(OC(=O)OCC)c(C)c3)CCCCC2)cc1C. The molecule has 0 heterocycles. The zero-order valence-corrected chi connectivity index (χ0v) is 19.4. The van der Waals surface area contributed by atoms with Crippen LogP contribution in [0.25, 0.3) is 0 Å². The topological polar surface area (TPSA) is 71.1 Å². The highest BCUT2D eigenvalue weighted by atomic mass is 16.7. The summed E-state index contributed by atoms with van der Waals surface area (Å²) in [6, 6.07) is 12.0. The van der Waals surface area contributed by atoms with Gasteiger partial charge in [0.1, 0.15) is 11.5 Å². The van der Waals surface area contributed by atoms with Crippen LogP contribution < -0.4 is 9.47 Å². The van der Waals surface area contributed by atoms with E-state index in [1.807, 2.05) is 38.1 Å². The average molecular weight is 441 g/mol. The Labute approximate surface area is 189 Å². The van der Waals surface area contributed by atoms with Crippen molar-refractivity contribution >= 4 is 12.3 Å².